The van der Waals surface area contributed by atoms with E-state index in [0.29, 0.717) is 16.5 Å². The van der Waals surface area contributed by atoms with Gasteiger partial charge < -0.3 is 10.1 Å². The number of anilines is 1. The number of carbonyl (C=O) groups is 1. The van der Waals surface area contributed by atoms with E-state index in [9.17, 15) is 4.79 Å². The molecule has 1 aliphatic heterocycles. The largest absolute Gasteiger partial charge is 0.449 e. The predicted molar refractivity (Wildman–Crippen MR) is 75.1 cm³/mol. The number of rotatable bonds is 1. The maximum absolute atomic E-state index is 11.9. The van der Waals surface area contributed by atoms with E-state index in [0.717, 1.165) is 5.56 Å². The van der Waals surface area contributed by atoms with Crippen LogP contribution in [-0.2, 0) is 4.79 Å². The third kappa shape index (κ3) is 2.33. The predicted octanol–water partition coefficient (Wildman–Crippen LogP) is 3.71. The summed E-state index contributed by atoms with van der Waals surface area (Å²) in [4.78, 5) is 11.9. The van der Waals surface area contributed by atoms with Crippen LogP contribution in [0.4, 0.5) is 5.69 Å². The summed E-state index contributed by atoms with van der Waals surface area (Å²) in [7, 11) is 0. The van der Waals surface area contributed by atoms with Gasteiger partial charge in [-0.05, 0) is 29.8 Å². The standard InChI is InChI=1S/C15H10ClNO2/c16-11-6-2-1-5-10(11)9-14-15(18)17-12-7-3-4-8-13(12)19-14/h1-9H,(H,17,18)/b14-9+. The van der Waals surface area contributed by atoms with Crippen molar-refractivity contribution in [2.75, 3.05) is 5.32 Å². The molecule has 0 radical (unpaired) electrons. The van der Waals surface area contributed by atoms with E-state index in [4.69, 9.17) is 16.3 Å². The Hall–Kier alpha value is -2.26. The molecule has 1 aliphatic rings. The van der Waals surface area contributed by atoms with E-state index in [-0.39, 0.29) is 11.7 Å². The van der Waals surface area contributed by atoms with Crippen LogP contribution in [0.3, 0.4) is 0 Å². The van der Waals surface area contributed by atoms with Gasteiger partial charge in [-0.2, -0.15) is 0 Å². The van der Waals surface area contributed by atoms with Gasteiger partial charge in [-0.1, -0.05) is 41.9 Å². The van der Waals surface area contributed by atoms with Crippen LogP contribution in [0.2, 0.25) is 5.02 Å². The molecule has 1 amide bonds. The molecular formula is C15H10ClNO2. The molecule has 0 aliphatic carbocycles. The highest BCUT2D eigenvalue weighted by molar-refractivity contribution is 6.32. The molecule has 0 unspecified atom stereocenters. The SMILES string of the molecule is O=C1Nc2ccccc2O/C1=C/c1ccccc1Cl. The summed E-state index contributed by atoms with van der Waals surface area (Å²) < 4.78 is 5.59. The van der Waals surface area contributed by atoms with Gasteiger partial charge in [0.05, 0.1) is 5.69 Å². The number of ether oxygens (including phenoxy) is 1. The average molecular weight is 272 g/mol. The zero-order chi connectivity index (χ0) is 13.2. The summed E-state index contributed by atoms with van der Waals surface area (Å²) in [5, 5.41) is 3.35. The number of halogens is 1. The lowest BCUT2D eigenvalue weighted by atomic mass is 10.2. The fraction of sp³-hybridized carbons (Fsp3) is 0. The normalized spacial score (nSPS) is 15.6. The molecule has 0 fully saturated rings. The molecule has 0 saturated carbocycles. The molecular weight excluding hydrogens is 262 g/mol. The molecule has 1 heterocycles. The van der Waals surface area contributed by atoms with Gasteiger partial charge in [-0.15, -0.1) is 0 Å². The van der Waals surface area contributed by atoms with Gasteiger partial charge in [0.15, 0.2) is 11.5 Å². The molecule has 1 N–H and O–H groups in total. The Balaban J connectivity index is 1.99. The van der Waals surface area contributed by atoms with Gasteiger partial charge in [0.25, 0.3) is 5.91 Å². The Bertz CT molecular complexity index is 679. The van der Waals surface area contributed by atoms with Crippen molar-refractivity contribution < 1.29 is 9.53 Å². The van der Waals surface area contributed by atoms with E-state index in [1.165, 1.54) is 0 Å². The highest BCUT2D eigenvalue weighted by atomic mass is 35.5. The lowest BCUT2D eigenvalue weighted by Gasteiger charge is -2.19. The Morgan fingerprint density at radius 2 is 1.79 bits per heavy atom. The van der Waals surface area contributed by atoms with Crippen LogP contribution in [0, 0.1) is 0 Å². The van der Waals surface area contributed by atoms with Crippen molar-refractivity contribution in [3.05, 3.63) is 64.9 Å². The van der Waals surface area contributed by atoms with Crippen LogP contribution in [0.15, 0.2) is 54.3 Å². The Kier molecular flexibility index (Phi) is 2.97. The highest BCUT2D eigenvalue weighted by Crippen LogP contribution is 2.31. The molecule has 3 nitrogen and oxygen atoms in total. The lowest BCUT2D eigenvalue weighted by Crippen LogP contribution is -2.23. The minimum atomic E-state index is -0.279. The Labute approximate surface area is 115 Å². The van der Waals surface area contributed by atoms with E-state index >= 15 is 0 Å². The van der Waals surface area contributed by atoms with Gasteiger partial charge in [0.2, 0.25) is 0 Å². The average Bonchev–Trinajstić information content (AvgIpc) is 2.42. The van der Waals surface area contributed by atoms with Crippen molar-refractivity contribution in [2.45, 2.75) is 0 Å². The summed E-state index contributed by atoms with van der Waals surface area (Å²) in [6, 6.07) is 14.6. The number of nitrogens with one attached hydrogen (secondary N) is 1. The quantitative estimate of drug-likeness (QED) is 0.803. The molecule has 2 aromatic rings. The third-order valence-electron chi connectivity index (χ3n) is 2.77. The van der Waals surface area contributed by atoms with Crippen molar-refractivity contribution in [3.63, 3.8) is 0 Å². The van der Waals surface area contributed by atoms with Gasteiger partial charge >= 0.3 is 0 Å². The van der Waals surface area contributed by atoms with Crippen LogP contribution in [-0.4, -0.2) is 5.91 Å². The molecule has 0 saturated heterocycles. The minimum absolute atomic E-state index is 0.229. The van der Waals surface area contributed by atoms with Crippen LogP contribution in [0.25, 0.3) is 6.08 Å². The number of benzene rings is 2. The van der Waals surface area contributed by atoms with Crippen molar-refractivity contribution >= 4 is 29.3 Å². The van der Waals surface area contributed by atoms with E-state index in [1.54, 1.807) is 24.3 Å². The lowest BCUT2D eigenvalue weighted by molar-refractivity contribution is -0.115. The third-order valence-corrected chi connectivity index (χ3v) is 3.11. The zero-order valence-corrected chi connectivity index (χ0v) is 10.6. The first-order valence-corrected chi connectivity index (χ1v) is 6.16. The topological polar surface area (TPSA) is 38.3 Å². The number of hydrogen-bond donors (Lipinski definition) is 1. The Morgan fingerprint density at radius 3 is 2.63 bits per heavy atom. The number of amides is 1. The second-order valence-corrected chi connectivity index (χ2v) is 4.49. The van der Waals surface area contributed by atoms with Crippen LogP contribution in [0.1, 0.15) is 5.56 Å². The van der Waals surface area contributed by atoms with Crippen molar-refractivity contribution in [1.29, 1.82) is 0 Å². The van der Waals surface area contributed by atoms with Crippen LogP contribution < -0.4 is 10.1 Å². The minimum Gasteiger partial charge on any atom is -0.449 e. The number of fused-ring (bicyclic) bond motifs is 1. The fourth-order valence-electron chi connectivity index (χ4n) is 1.84. The molecule has 2 aromatic carbocycles. The van der Waals surface area contributed by atoms with Gasteiger partial charge in [-0.25, -0.2) is 0 Å². The summed E-state index contributed by atoms with van der Waals surface area (Å²) in [6.45, 7) is 0. The molecule has 0 spiro atoms. The highest BCUT2D eigenvalue weighted by Gasteiger charge is 2.21. The van der Waals surface area contributed by atoms with Crippen LogP contribution >= 0.6 is 11.6 Å². The Morgan fingerprint density at radius 1 is 1.05 bits per heavy atom. The number of carbonyl (C=O) groups excluding carboxylic acids is 1. The summed E-state index contributed by atoms with van der Waals surface area (Å²) in [5.74, 6) is 0.575. The maximum atomic E-state index is 11.9. The first-order chi connectivity index (χ1) is 9.24. The van der Waals surface area contributed by atoms with Crippen LogP contribution in [0.5, 0.6) is 5.75 Å². The first kappa shape index (κ1) is 11.8. The van der Waals surface area contributed by atoms with E-state index in [1.807, 2.05) is 30.3 Å². The van der Waals surface area contributed by atoms with Crippen molar-refractivity contribution in [3.8, 4) is 5.75 Å². The van der Waals surface area contributed by atoms with E-state index in [2.05, 4.69) is 5.32 Å². The monoisotopic (exact) mass is 271 g/mol. The fourth-order valence-corrected chi connectivity index (χ4v) is 2.03. The summed E-state index contributed by atoms with van der Waals surface area (Å²) >= 11 is 6.06. The smallest absolute Gasteiger partial charge is 0.291 e. The number of para-hydroxylation sites is 2. The van der Waals surface area contributed by atoms with E-state index < -0.39 is 0 Å². The molecule has 3 rings (SSSR count). The zero-order valence-electron chi connectivity index (χ0n) is 9.89. The molecule has 0 atom stereocenters. The molecule has 94 valence electrons. The van der Waals surface area contributed by atoms with Gasteiger partial charge in [0, 0.05) is 5.02 Å². The first-order valence-electron chi connectivity index (χ1n) is 5.78. The molecule has 0 bridgehead atoms. The van der Waals surface area contributed by atoms with Crippen molar-refractivity contribution in [2.24, 2.45) is 0 Å². The van der Waals surface area contributed by atoms with Crippen molar-refractivity contribution in [1.82, 2.24) is 0 Å². The number of hydrogen-bond acceptors (Lipinski definition) is 2. The van der Waals surface area contributed by atoms with Gasteiger partial charge in [-0.3, -0.25) is 4.79 Å². The molecule has 19 heavy (non-hydrogen) atoms. The second-order valence-electron chi connectivity index (χ2n) is 4.08. The molecule has 4 heteroatoms. The summed E-state index contributed by atoms with van der Waals surface area (Å²) in [5.41, 5.74) is 1.41. The summed E-state index contributed by atoms with van der Waals surface area (Å²) in [6.07, 6.45) is 1.63. The maximum Gasteiger partial charge on any atom is 0.291 e. The second kappa shape index (κ2) is 4.78. The van der Waals surface area contributed by atoms with Gasteiger partial charge in [0.1, 0.15) is 0 Å². The molecule has 0 aromatic heterocycles.